The van der Waals surface area contributed by atoms with E-state index < -0.39 is 0 Å². The first-order valence-electron chi connectivity index (χ1n) is 7.25. The van der Waals surface area contributed by atoms with Gasteiger partial charge in [0.2, 0.25) is 5.91 Å². The second-order valence-electron chi connectivity index (χ2n) is 5.37. The number of benzene rings is 1. The molecular weight excluding hydrogens is 258 g/mol. The Morgan fingerprint density at radius 2 is 1.84 bits per heavy atom. The largest absolute Gasteiger partial charge is 0.326 e. The van der Waals surface area contributed by atoms with Gasteiger partial charge in [0.15, 0.2) is 0 Å². The molecule has 1 amide bonds. The average Bonchev–Trinajstić information content (AvgIpc) is 2.38. The zero-order chi connectivity index (χ0) is 13.5. The van der Waals surface area contributed by atoms with Gasteiger partial charge < -0.3 is 5.32 Å². The number of carbonyl (C=O) groups is 1. The molecule has 19 heavy (non-hydrogen) atoms. The number of alkyl halides is 1. The fraction of sp³-hybridized carbons (Fsp3) is 0.562. The number of anilines is 1. The maximum atomic E-state index is 12.3. The fourth-order valence-electron chi connectivity index (χ4n) is 2.69. The van der Waals surface area contributed by atoms with Crippen LogP contribution in [0.15, 0.2) is 24.3 Å². The molecule has 1 N–H and O–H groups in total. The van der Waals surface area contributed by atoms with Gasteiger partial charge in [0.05, 0.1) is 0 Å². The van der Waals surface area contributed by atoms with Crippen LogP contribution in [0, 0.1) is 5.92 Å². The molecule has 0 aromatic heterocycles. The molecule has 0 unspecified atom stereocenters. The zero-order valence-electron chi connectivity index (χ0n) is 11.3. The summed E-state index contributed by atoms with van der Waals surface area (Å²) in [7, 11) is 0. The molecule has 3 heteroatoms. The van der Waals surface area contributed by atoms with Crippen LogP contribution in [0.5, 0.6) is 0 Å². The number of nitrogens with one attached hydrogen (secondary N) is 1. The number of rotatable bonds is 3. The third-order valence-electron chi connectivity index (χ3n) is 3.82. The monoisotopic (exact) mass is 279 g/mol. The van der Waals surface area contributed by atoms with Crippen molar-refractivity contribution in [1.82, 2.24) is 0 Å². The maximum absolute atomic E-state index is 12.3. The molecule has 1 aliphatic rings. The fourth-order valence-corrected chi connectivity index (χ4v) is 2.86. The Kier molecular flexibility index (Phi) is 5.71. The second kappa shape index (κ2) is 7.54. The summed E-state index contributed by atoms with van der Waals surface area (Å²) in [5.74, 6) is 0.834. The smallest absolute Gasteiger partial charge is 0.227 e. The molecule has 0 radical (unpaired) electrons. The summed E-state index contributed by atoms with van der Waals surface area (Å²) in [5, 5.41) is 3.04. The maximum Gasteiger partial charge on any atom is 0.227 e. The molecule has 1 aromatic rings. The molecule has 2 rings (SSSR count). The minimum Gasteiger partial charge on any atom is -0.326 e. The van der Waals surface area contributed by atoms with E-state index in [0.717, 1.165) is 24.1 Å². The lowest BCUT2D eigenvalue weighted by molar-refractivity contribution is -0.120. The van der Waals surface area contributed by atoms with Gasteiger partial charge in [-0.2, -0.15) is 0 Å². The zero-order valence-corrected chi connectivity index (χ0v) is 12.1. The van der Waals surface area contributed by atoms with E-state index in [2.05, 4.69) is 5.32 Å². The van der Waals surface area contributed by atoms with Crippen LogP contribution in [0.25, 0.3) is 0 Å². The van der Waals surface area contributed by atoms with E-state index in [0.29, 0.717) is 5.88 Å². The van der Waals surface area contributed by atoms with Crippen molar-refractivity contribution in [2.75, 3.05) is 5.32 Å². The van der Waals surface area contributed by atoms with E-state index in [1.165, 1.54) is 32.1 Å². The molecule has 0 saturated heterocycles. The van der Waals surface area contributed by atoms with Crippen molar-refractivity contribution in [2.24, 2.45) is 5.92 Å². The molecule has 1 saturated carbocycles. The summed E-state index contributed by atoms with van der Waals surface area (Å²) in [6, 6.07) is 7.79. The Bertz CT molecular complexity index is 411. The summed E-state index contributed by atoms with van der Waals surface area (Å²) >= 11 is 5.81. The minimum absolute atomic E-state index is 0.175. The van der Waals surface area contributed by atoms with Crippen molar-refractivity contribution in [2.45, 2.75) is 50.8 Å². The highest BCUT2D eigenvalue weighted by molar-refractivity contribution is 6.17. The molecule has 0 heterocycles. The van der Waals surface area contributed by atoms with E-state index in [-0.39, 0.29) is 11.8 Å². The first kappa shape index (κ1) is 14.4. The van der Waals surface area contributed by atoms with Gasteiger partial charge in [-0.05, 0) is 30.5 Å². The van der Waals surface area contributed by atoms with Gasteiger partial charge in [-0.25, -0.2) is 0 Å². The number of hydrogen-bond donors (Lipinski definition) is 1. The first-order valence-corrected chi connectivity index (χ1v) is 7.79. The molecule has 0 spiro atoms. The van der Waals surface area contributed by atoms with Crippen LogP contribution in [0.2, 0.25) is 0 Å². The van der Waals surface area contributed by atoms with Gasteiger partial charge in [-0.15, -0.1) is 11.6 Å². The van der Waals surface area contributed by atoms with Gasteiger partial charge in [0.1, 0.15) is 0 Å². The molecule has 0 atom stereocenters. The Balaban J connectivity index is 1.94. The highest BCUT2D eigenvalue weighted by Crippen LogP contribution is 2.24. The highest BCUT2D eigenvalue weighted by Gasteiger charge is 2.19. The minimum atomic E-state index is 0.175. The molecule has 1 aliphatic carbocycles. The van der Waals surface area contributed by atoms with Crippen LogP contribution in [-0.2, 0) is 10.7 Å². The van der Waals surface area contributed by atoms with E-state index in [4.69, 9.17) is 11.6 Å². The van der Waals surface area contributed by atoms with Gasteiger partial charge >= 0.3 is 0 Å². The van der Waals surface area contributed by atoms with Gasteiger partial charge in [0.25, 0.3) is 0 Å². The van der Waals surface area contributed by atoms with Crippen molar-refractivity contribution in [3.63, 3.8) is 0 Å². The predicted molar refractivity (Wildman–Crippen MR) is 80.4 cm³/mol. The molecular formula is C16H22ClNO. The molecule has 1 fully saturated rings. The molecule has 2 nitrogen and oxygen atoms in total. The molecule has 1 aromatic carbocycles. The van der Waals surface area contributed by atoms with E-state index >= 15 is 0 Å². The number of carbonyl (C=O) groups excluding carboxylic acids is 1. The van der Waals surface area contributed by atoms with E-state index in [9.17, 15) is 4.79 Å². The first-order chi connectivity index (χ1) is 9.29. The lowest BCUT2D eigenvalue weighted by atomic mass is 9.90. The Hall–Kier alpha value is -1.02. The van der Waals surface area contributed by atoms with Crippen molar-refractivity contribution >= 4 is 23.2 Å². The summed E-state index contributed by atoms with van der Waals surface area (Å²) in [4.78, 5) is 12.3. The summed E-state index contributed by atoms with van der Waals surface area (Å²) in [5.41, 5.74) is 1.90. The lowest BCUT2D eigenvalue weighted by Crippen LogP contribution is -2.23. The summed E-state index contributed by atoms with van der Waals surface area (Å²) in [6.45, 7) is 0. The third-order valence-corrected chi connectivity index (χ3v) is 4.13. The van der Waals surface area contributed by atoms with Crippen LogP contribution in [0.1, 0.15) is 50.5 Å². The standard InChI is InChI=1S/C16H22ClNO/c17-12-13-7-6-10-15(11-13)18-16(19)14-8-4-2-1-3-5-9-14/h6-7,10-11,14H,1-5,8-9,12H2,(H,18,19). The second-order valence-corrected chi connectivity index (χ2v) is 5.63. The van der Waals surface area contributed by atoms with Gasteiger partial charge in [-0.3, -0.25) is 4.79 Å². The molecule has 0 aliphatic heterocycles. The molecule has 104 valence electrons. The third kappa shape index (κ3) is 4.54. The van der Waals surface area contributed by atoms with Crippen molar-refractivity contribution in [3.05, 3.63) is 29.8 Å². The van der Waals surface area contributed by atoms with Crippen LogP contribution >= 0.6 is 11.6 Å². The Morgan fingerprint density at radius 1 is 1.16 bits per heavy atom. The van der Waals surface area contributed by atoms with Crippen molar-refractivity contribution in [3.8, 4) is 0 Å². The number of amides is 1. The number of hydrogen-bond acceptors (Lipinski definition) is 1. The SMILES string of the molecule is O=C(Nc1cccc(CCl)c1)C1CCCCCCC1. The average molecular weight is 280 g/mol. The normalized spacial score (nSPS) is 17.5. The van der Waals surface area contributed by atoms with Crippen molar-refractivity contribution in [1.29, 1.82) is 0 Å². The quantitative estimate of drug-likeness (QED) is 0.797. The number of halogens is 1. The predicted octanol–water partition coefficient (Wildman–Crippen LogP) is 4.72. The Labute approximate surface area is 120 Å². The van der Waals surface area contributed by atoms with E-state index in [1.54, 1.807) is 0 Å². The summed E-state index contributed by atoms with van der Waals surface area (Å²) < 4.78 is 0. The van der Waals surface area contributed by atoms with Gasteiger partial charge in [-0.1, -0.05) is 44.2 Å². The van der Waals surface area contributed by atoms with Crippen LogP contribution in [-0.4, -0.2) is 5.91 Å². The van der Waals surface area contributed by atoms with E-state index in [1.807, 2.05) is 24.3 Å². The molecule has 0 bridgehead atoms. The Morgan fingerprint density at radius 3 is 2.53 bits per heavy atom. The topological polar surface area (TPSA) is 29.1 Å². The van der Waals surface area contributed by atoms with Gasteiger partial charge in [0, 0.05) is 17.5 Å². The van der Waals surface area contributed by atoms with Crippen LogP contribution in [0.3, 0.4) is 0 Å². The highest BCUT2D eigenvalue weighted by atomic mass is 35.5. The lowest BCUT2D eigenvalue weighted by Gasteiger charge is -2.19. The summed E-state index contributed by atoms with van der Waals surface area (Å²) in [6.07, 6.45) is 8.28. The van der Waals surface area contributed by atoms with Crippen molar-refractivity contribution < 1.29 is 4.79 Å². The van der Waals surface area contributed by atoms with Crippen LogP contribution < -0.4 is 5.32 Å². The van der Waals surface area contributed by atoms with Crippen LogP contribution in [0.4, 0.5) is 5.69 Å².